The molecule has 0 radical (unpaired) electrons. The fourth-order valence-electron chi connectivity index (χ4n) is 4.73. The maximum atomic E-state index is 4.83. The SMILES string of the molecule is CCCCCCCCCCCCC(CCC[CH2][Mg+])CCCCCCCCCC.CCOCC.[Br-]. The molecule has 0 aliphatic carbocycles. The number of hydrogen-bond donors (Lipinski definition) is 0. The van der Waals surface area contributed by atoms with Crippen molar-refractivity contribution in [3.05, 3.63) is 0 Å². The second-order valence-corrected chi connectivity index (χ2v) is 10.9. The summed E-state index contributed by atoms with van der Waals surface area (Å²) in [6, 6.07) is 0. The second kappa shape index (κ2) is 38.7. The third kappa shape index (κ3) is 37.7. The first-order chi connectivity index (χ1) is 16.3. The summed E-state index contributed by atoms with van der Waals surface area (Å²) in [7, 11) is 0. The summed E-state index contributed by atoms with van der Waals surface area (Å²) < 4.78 is 6.24. The second-order valence-electron chi connectivity index (χ2n) is 10.2. The molecule has 0 fully saturated rings. The zero-order chi connectivity index (χ0) is 24.7. The molecule has 34 heavy (non-hydrogen) atoms. The van der Waals surface area contributed by atoms with Gasteiger partial charge in [0.25, 0.3) is 0 Å². The Kier molecular flexibility index (Phi) is 45.2. The smallest absolute Gasteiger partial charge is 1.00 e. The van der Waals surface area contributed by atoms with Crippen molar-refractivity contribution in [1.29, 1.82) is 0 Å². The van der Waals surface area contributed by atoms with Gasteiger partial charge in [-0.2, -0.15) is 0 Å². The molecule has 0 aliphatic rings. The van der Waals surface area contributed by atoms with Gasteiger partial charge in [0.1, 0.15) is 0 Å². The third-order valence-corrected chi connectivity index (χ3v) is 7.45. The molecule has 3 heteroatoms. The molecular weight excluding hydrogens is 493 g/mol. The first-order valence-corrected chi connectivity index (χ1v) is 16.6. The molecule has 0 bridgehead atoms. The summed E-state index contributed by atoms with van der Waals surface area (Å²) >= 11 is 2.16. The zero-order valence-corrected chi connectivity index (χ0v) is 27.5. The molecule has 0 aromatic rings. The Balaban J connectivity index is -0.00000144. The van der Waals surface area contributed by atoms with E-state index in [0.29, 0.717) is 0 Å². The molecule has 1 unspecified atom stereocenters. The van der Waals surface area contributed by atoms with Crippen molar-refractivity contribution < 1.29 is 21.7 Å². The van der Waals surface area contributed by atoms with Gasteiger partial charge in [-0.3, -0.25) is 0 Å². The van der Waals surface area contributed by atoms with Gasteiger partial charge in [-0.15, -0.1) is 0 Å². The van der Waals surface area contributed by atoms with Crippen LogP contribution in [0, 0.1) is 5.92 Å². The zero-order valence-electron chi connectivity index (χ0n) is 24.5. The van der Waals surface area contributed by atoms with Crippen molar-refractivity contribution in [3.8, 4) is 0 Å². The molecule has 0 aromatic heterocycles. The van der Waals surface area contributed by atoms with Gasteiger partial charge in [0, 0.05) is 13.2 Å². The van der Waals surface area contributed by atoms with Gasteiger partial charge in [-0.25, -0.2) is 0 Å². The molecule has 1 nitrogen and oxygen atoms in total. The van der Waals surface area contributed by atoms with Crippen LogP contribution in [0.25, 0.3) is 0 Å². The average Bonchev–Trinajstić information content (AvgIpc) is 2.82. The van der Waals surface area contributed by atoms with E-state index in [2.05, 4.69) is 35.6 Å². The third-order valence-electron chi connectivity index (χ3n) is 6.95. The Morgan fingerprint density at radius 2 is 0.735 bits per heavy atom. The Hall–Kier alpha value is 1.21. The van der Waals surface area contributed by atoms with Gasteiger partial charge < -0.3 is 21.7 Å². The van der Waals surface area contributed by atoms with Crippen LogP contribution in [0.1, 0.15) is 175 Å². The van der Waals surface area contributed by atoms with E-state index in [1.54, 1.807) is 0 Å². The summed E-state index contributed by atoms with van der Waals surface area (Å²) in [4.78, 5) is 0. The number of hydrogen-bond acceptors (Lipinski definition) is 1. The van der Waals surface area contributed by atoms with Crippen LogP contribution in [0.5, 0.6) is 0 Å². The number of rotatable bonds is 26. The molecule has 204 valence electrons. The Labute approximate surface area is 241 Å². The van der Waals surface area contributed by atoms with Gasteiger partial charge in [0.15, 0.2) is 0 Å². The molecule has 0 spiro atoms. The minimum absolute atomic E-state index is 0. The minimum Gasteiger partial charge on any atom is -1.00 e. The number of unbranched alkanes of at least 4 members (excludes halogenated alkanes) is 17. The van der Waals surface area contributed by atoms with Gasteiger partial charge in [0.2, 0.25) is 0 Å². The monoisotopic (exact) mass is 556 g/mol. The van der Waals surface area contributed by atoms with E-state index >= 15 is 0 Å². The summed E-state index contributed by atoms with van der Waals surface area (Å²) in [6.45, 7) is 10.3. The Morgan fingerprint density at radius 3 is 1.00 bits per heavy atom. The van der Waals surface area contributed by atoms with Gasteiger partial charge >= 0.3 is 141 Å². The predicted octanol–water partition coefficient (Wildman–Crippen LogP) is 8.25. The molecule has 0 heterocycles. The molecule has 0 saturated carbocycles. The molecular formula is C31H65BrMgO. The van der Waals surface area contributed by atoms with Crippen LogP contribution in [0.2, 0.25) is 4.55 Å². The van der Waals surface area contributed by atoms with Crippen LogP contribution >= 0.6 is 0 Å². The normalized spacial score (nSPS) is 11.6. The first kappa shape index (κ1) is 39.7. The van der Waals surface area contributed by atoms with Crippen molar-refractivity contribution in [1.82, 2.24) is 0 Å². The molecule has 1 atom stereocenters. The predicted molar refractivity (Wildman–Crippen MR) is 154 cm³/mol. The van der Waals surface area contributed by atoms with Gasteiger partial charge in [0.05, 0.1) is 0 Å². The molecule has 0 aliphatic heterocycles. The van der Waals surface area contributed by atoms with E-state index in [9.17, 15) is 0 Å². The average molecular weight is 558 g/mol. The van der Waals surface area contributed by atoms with Crippen LogP contribution in [-0.4, -0.2) is 34.9 Å². The fraction of sp³-hybridized carbons (Fsp3) is 1.00. The number of halogens is 1. The van der Waals surface area contributed by atoms with E-state index in [-0.39, 0.29) is 17.0 Å². The quantitative estimate of drug-likeness (QED) is 0.0768. The summed E-state index contributed by atoms with van der Waals surface area (Å²) in [5, 5.41) is 0. The molecule has 0 amide bonds. The van der Waals surface area contributed by atoms with Crippen molar-refractivity contribution in [2.75, 3.05) is 13.2 Å². The summed E-state index contributed by atoms with van der Waals surface area (Å²) in [5.41, 5.74) is 0. The first-order valence-electron chi connectivity index (χ1n) is 15.6. The van der Waals surface area contributed by atoms with Gasteiger partial charge in [-0.1, -0.05) is 52.4 Å². The van der Waals surface area contributed by atoms with Crippen molar-refractivity contribution in [2.45, 2.75) is 180 Å². The van der Waals surface area contributed by atoms with Gasteiger partial charge in [-0.05, 0) is 13.8 Å². The standard InChI is InChI=1S/C27H55.C4H10O.BrH.Mg/c1-4-7-10-12-14-16-17-19-21-23-26-27(24-9-6-3)25-22-20-18-15-13-11-8-5-2;1-3-5-4-2;;/h27H,3-26H2,1-2H3;3-4H2,1-2H3;1H;/q;;;+1/p-1. The Morgan fingerprint density at radius 1 is 0.441 bits per heavy atom. The molecule has 0 rings (SSSR count). The maximum absolute atomic E-state index is 4.83. The summed E-state index contributed by atoms with van der Waals surface area (Å²) in [6.07, 6.45) is 34.0. The van der Waals surface area contributed by atoms with E-state index in [1.165, 1.54) is 152 Å². The molecule has 0 saturated heterocycles. The number of ether oxygens (including phenoxy) is 1. The van der Waals surface area contributed by atoms with E-state index in [0.717, 1.165) is 19.1 Å². The van der Waals surface area contributed by atoms with Crippen LogP contribution in [-0.2, 0) is 4.74 Å². The molecule has 0 N–H and O–H groups in total. The van der Waals surface area contributed by atoms with Crippen LogP contribution in [0.4, 0.5) is 0 Å². The summed E-state index contributed by atoms with van der Waals surface area (Å²) in [5.74, 6) is 1.05. The van der Waals surface area contributed by atoms with Crippen LogP contribution in [0.3, 0.4) is 0 Å². The van der Waals surface area contributed by atoms with Crippen molar-refractivity contribution in [2.24, 2.45) is 5.92 Å². The van der Waals surface area contributed by atoms with E-state index in [4.69, 9.17) is 4.74 Å². The van der Waals surface area contributed by atoms with E-state index in [1.807, 2.05) is 13.8 Å². The van der Waals surface area contributed by atoms with Crippen LogP contribution < -0.4 is 17.0 Å². The van der Waals surface area contributed by atoms with E-state index < -0.39 is 0 Å². The fourth-order valence-corrected chi connectivity index (χ4v) is 5.09. The minimum atomic E-state index is 0. The van der Waals surface area contributed by atoms with Crippen LogP contribution in [0.15, 0.2) is 0 Å². The topological polar surface area (TPSA) is 9.23 Å². The molecule has 0 aromatic carbocycles. The van der Waals surface area contributed by atoms with Crippen molar-refractivity contribution >= 4 is 21.7 Å². The van der Waals surface area contributed by atoms with Crippen molar-refractivity contribution in [3.63, 3.8) is 0 Å². The Bertz CT molecular complexity index is 312.